The lowest BCUT2D eigenvalue weighted by Gasteiger charge is -2.07. The number of para-hydroxylation sites is 1. The Balaban J connectivity index is 1.52. The number of amides is 2. The highest BCUT2D eigenvalue weighted by Crippen LogP contribution is 2.17. The van der Waals surface area contributed by atoms with Crippen LogP contribution in [0.5, 0.6) is 5.75 Å². The maximum Gasteiger partial charge on any atom is 0.294 e. The molecule has 3 aromatic rings. The van der Waals surface area contributed by atoms with Crippen molar-refractivity contribution in [2.24, 2.45) is 0 Å². The van der Waals surface area contributed by atoms with E-state index in [0.717, 1.165) is 12.0 Å². The van der Waals surface area contributed by atoms with Crippen LogP contribution in [0.3, 0.4) is 0 Å². The average molecular weight is 378 g/mol. The van der Waals surface area contributed by atoms with E-state index in [0.29, 0.717) is 12.1 Å². The lowest BCUT2D eigenvalue weighted by molar-refractivity contribution is -0.121. The quantitative estimate of drug-likeness (QED) is 0.574. The maximum atomic E-state index is 12.2. The van der Waals surface area contributed by atoms with Crippen molar-refractivity contribution < 1.29 is 14.7 Å². The van der Waals surface area contributed by atoms with Gasteiger partial charge in [0, 0.05) is 6.42 Å². The molecule has 0 bridgehead atoms. The Morgan fingerprint density at radius 3 is 2.36 bits per heavy atom. The van der Waals surface area contributed by atoms with Crippen molar-refractivity contribution >= 4 is 11.8 Å². The Kier molecular flexibility index (Phi) is 6.06. The van der Waals surface area contributed by atoms with E-state index in [-0.39, 0.29) is 23.8 Å². The van der Waals surface area contributed by atoms with Gasteiger partial charge in [-0.25, -0.2) is 4.68 Å². The molecule has 2 aromatic carbocycles. The predicted molar refractivity (Wildman–Crippen MR) is 105 cm³/mol. The molecule has 28 heavy (non-hydrogen) atoms. The molecular weight excluding hydrogens is 356 g/mol. The summed E-state index contributed by atoms with van der Waals surface area (Å²) >= 11 is 0. The minimum Gasteiger partial charge on any atom is -0.504 e. The van der Waals surface area contributed by atoms with E-state index in [2.05, 4.69) is 22.9 Å². The van der Waals surface area contributed by atoms with Gasteiger partial charge in [0.05, 0.1) is 11.9 Å². The van der Waals surface area contributed by atoms with Gasteiger partial charge < -0.3 is 5.11 Å². The second-order valence-electron chi connectivity index (χ2n) is 6.32. The van der Waals surface area contributed by atoms with E-state index in [9.17, 15) is 14.7 Å². The molecule has 0 spiro atoms. The summed E-state index contributed by atoms with van der Waals surface area (Å²) < 4.78 is 1.39. The van der Waals surface area contributed by atoms with E-state index >= 15 is 0 Å². The van der Waals surface area contributed by atoms with E-state index in [1.54, 1.807) is 12.1 Å². The lowest BCUT2D eigenvalue weighted by Crippen LogP contribution is -2.42. The van der Waals surface area contributed by atoms with Crippen molar-refractivity contribution in [1.82, 2.24) is 20.6 Å². The minimum absolute atomic E-state index is 0.167. The van der Waals surface area contributed by atoms with Crippen LogP contribution in [0.2, 0.25) is 0 Å². The van der Waals surface area contributed by atoms with Crippen molar-refractivity contribution in [2.45, 2.75) is 26.2 Å². The van der Waals surface area contributed by atoms with Crippen molar-refractivity contribution in [1.29, 1.82) is 0 Å². The lowest BCUT2D eigenvalue weighted by atomic mass is 10.1. The summed E-state index contributed by atoms with van der Waals surface area (Å²) in [6, 6.07) is 17.2. The largest absolute Gasteiger partial charge is 0.504 e. The van der Waals surface area contributed by atoms with Crippen molar-refractivity contribution in [3.8, 4) is 11.4 Å². The number of hydrogen-bond acceptors (Lipinski definition) is 4. The summed E-state index contributed by atoms with van der Waals surface area (Å²) in [5.74, 6) is -1.28. The molecular formula is C21H22N4O3. The molecule has 7 heteroatoms. The van der Waals surface area contributed by atoms with E-state index in [1.807, 2.05) is 42.5 Å². The number of nitrogens with zero attached hydrogens (tertiary/aromatic N) is 2. The molecule has 2 amide bonds. The Labute approximate surface area is 163 Å². The third-order valence-corrected chi connectivity index (χ3v) is 4.32. The number of benzene rings is 2. The van der Waals surface area contributed by atoms with Crippen molar-refractivity contribution in [3.05, 3.63) is 77.6 Å². The van der Waals surface area contributed by atoms with Crippen LogP contribution in [0.1, 0.15) is 35.0 Å². The molecule has 7 nitrogen and oxygen atoms in total. The Morgan fingerprint density at radius 2 is 1.68 bits per heavy atom. The number of aromatic hydroxyl groups is 1. The molecule has 0 aliphatic carbocycles. The third-order valence-electron chi connectivity index (χ3n) is 4.32. The van der Waals surface area contributed by atoms with Crippen molar-refractivity contribution in [3.63, 3.8) is 0 Å². The first kappa shape index (κ1) is 19.2. The Bertz CT molecular complexity index is 950. The fourth-order valence-electron chi connectivity index (χ4n) is 2.69. The van der Waals surface area contributed by atoms with Crippen LogP contribution in [0.15, 0.2) is 60.8 Å². The molecule has 0 aliphatic heterocycles. The predicted octanol–water partition coefficient (Wildman–Crippen LogP) is 2.53. The van der Waals surface area contributed by atoms with Gasteiger partial charge in [-0.05, 0) is 36.1 Å². The van der Waals surface area contributed by atoms with Crippen LogP contribution in [0.25, 0.3) is 5.69 Å². The van der Waals surface area contributed by atoms with E-state index in [1.165, 1.54) is 16.4 Å². The van der Waals surface area contributed by atoms with Gasteiger partial charge in [0.2, 0.25) is 5.91 Å². The molecule has 1 heterocycles. The second kappa shape index (κ2) is 8.85. The molecule has 144 valence electrons. The zero-order valence-electron chi connectivity index (χ0n) is 15.6. The Morgan fingerprint density at radius 1 is 1.00 bits per heavy atom. The summed E-state index contributed by atoms with van der Waals surface area (Å²) in [7, 11) is 0. The topological polar surface area (TPSA) is 96.3 Å². The summed E-state index contributed by atoms with van der Waals surface area (Å²) in [5.41, 5.74) is 7.47. The highest BCUT2D eigenvalue weighted by molar-refractivity contribution is 5.95. The van der Waals surface area contributed by atoms with Crippen LogP contribution in [0, 0.1) is 0 Å². The first-order chi connectivity index (χ1) is 13.6. The fraction of sp³-hybridized carbons (Fsp3) is 0.190. The third kappa shape index (κ3) is 4.76. The van der Waals surface area contributed by atoms with Gasteiger partial charge in [-0.1, -0.05) is 49.4 Å². The summed E-state index contributed by atoms with van der Waals surface area (Å²) in [5, 5.41) is 14.0. The molecule has 0 radical (unpaired) electrons. The monoisotopic (exact) mass is 378 g/mol. The highest BCUT2D eigenvalue weighted by atomic mass is 16.3. The molecule has 1 aromatic heterocycles. The average Bonchev–Trinajstić information content (AvgIpc) is 3.13. The fourth-order valence-corrected chi connectivity index (χ4v) is 2.69. The number of carbonyl (C=O) groups is 2. The standard InChI is InChI=1S/C21H22N4O3/c1-2-15-8-10-16(11-9-15)12-13-19(27)22-23-21(28)20-18(26)14-25(24-20)17-6-4-3-5-7-17/h3-11,14,26H,2,12-13H2,1H3,(H,22,27)(H,23,28). The van der Waals surface area contributed by atoms with Gasteiger partial charge in [-0.3, -0.25) is 20.4 Å². The summed E-state index contributed by atoms with van der Waals surface area (Å²) in [6.07, 6.45) is 3.11. The van der Waals surface area contributed by atoms with E-state index in [4.69, 9.17) is 0 Å². The van der Waals surface area contributed by atoms with Gasteiger partial charge in [0.1, 0.15) is 0 Å². The first-order valence-electron chi connectivity index (χ1n) is 9.08. The number of nitrogens with one attached hydrogen (secondary N) is 2. The van der Waals surface area contributed by atoms with Crippen LogP contribution < -0.4 is 10.9 Å². The number of aromatic nitrogens is 2. The van der Waals surface area contributed by atoms with Gasteiger partial charge in [-0.15, -0.1) is 0 Å². The van der Waals surface area contributed by atoms with E-state index < -0.39 is 5.91 Å². The normalized spacial score (nSPS) is 10.5. The molecule has 0 saturated carbocycles. The maximum absolute atomic E-state index is 12.2. The highest BCUT2D eigenvalue weighted by Gasteiger charge is 2.17. The smallest absolute Gasteiger partial charge is 0.294 e. The molecule has 0 saturated heterocycles. The molecule has 0 fully saturated rings. The summed E-state index contributed by atoms with van der Waals surface area (Å²) in [4.78, 5) is 24.2. The Hall–Kier alpha value is -3.61. The van der Waals surface area contributed by atoms with Gasteiger partial charge in [0.15, 0.2) is 11.4 Å². The molecule has 0 atom stereocenters. The second-order valence-corrected chi connectivity index (χ2v) is 6.32. The minimum atomic E-state index is -0.687. The number of hydrogen-bond donors (Lipinski definition) is 3. The number of carbonyl (C=O) groups excluding carboxylic acids is 2. The summed E-state index contributed by atoms with van der Waals surface area (Å²) in [6.45, 7) is 2.09. The first-order valence-corrected chi connectivity index (χ1v) is 9.08. The van der Waals surface area contributed by atoms with Gasteiger partial charge >= 0.3 is 0 Å². The van der Waals surface area contributed by atoms with Crippen LogP contribution in [0.4, 0.5) is 0 Å². The van der Waals surface area contributed by atoms with Crippen LogP contribution in [-0.4, -0.2) is 26.7 Å². The molecule has 3 rings (SSSR count). The SMILES string of the molecule is CCc1ccc(CCC(=O)NNC(=O)c2nn(-c3ccccc3)cc2O)cc1. The number of aryl methyl sites for hydroxylation is 2. The van der Waals surface area contributed by atoms with Crippen LogP contribution in [-0.2, 0) is 17.6 Å². The molecule has 3 N–H and O–H groups in total. The van der Waals surface area contributed by atoms with Gasteiger partial charge in [0.25, 0.3) is 5.91 Å². The molecule has 0 aliphatic rings. The number of rotatable bonds is 6. The molecule has 0 unspecified atom stereocenters. The van der Waals surface area contributed by atoms with Crippen molar-refractivity contribution in [2.75, 3.05) is 0 Å². The van der Waals surface area contributed by atoms with Gasteiger partial charge in [-0.2, -0.15) is 5.10 Å². The van der Waals surface area contributed by atoms with Crippen LogP contribution >= 0.6 is 0 Å². The zero-order chi connectivity index (χ0) is 19.9. The number of hydrazine groups is 1. The zero-order valence-corrected chi connectivity index (χ0v) is 15.6.